The number of halogens is 1. The zero-order chi connectivity index (χ0) is 14.5. The molecule has 0 spiro atoms. The molecule has 0 saturated carbocycles. The summed E-state index contributed by atoms with van der Waals surface area (Å²) in [5.74, 6) is 1.58. The number of aromatic nitrogens is 1. The van der Waals surface area contributed by atoms with E-state index in [2.05, 4.69) is 57.2 Å². The van der Waals surface area contributed by atoms with Crippen LogP contribution in [0.3, 0.4) is 0 Å². The number of anilines is 1. The van der Waals surface area contributed by atoms with Crippen LogP contribution in [0.1, 0.15) is 11.1 Å². The van der Waals surface area contributed by atoms with E-state index in [1.54, 1.807) is 0 Å². The first kappa shape index (κ1) is 14.4. The molecule has 21 heavy (non-hydrogen) atoms. The highest BCUT2D eigenvalue weighted by atomic mass is 35.5. The van der Waals surface area contributed by atoms with E-state index in [0.717, 1.165) is 44.1 Å². The molecule has 1 aliphatic rings. The maximum absolute atomic E-state index is 5.80. The van der Waals surface area contributed by atoms with Crippen molar-refractivity contribution in [1.82, 2.24) is 9.88 Å². The SMILES string of the molecule is ClCc1ccc(N2CCN(Cc3ccccc3)CC2)nc1. The number of hydrogen-bond acceptors (Lipinski definition) is 3. The second-order valence-electron chi connectivity index (χ2n) is 5.41. The molecular weight excluding hydrogens is 282 g/mol. The van der Waals surface area contributed by atoms with Gasteiger partial charge in [-0.2, -0.15) is 0 Å². The molecule has 1 aliphatic heterocycles. The Kier molecular flexibility index (Phi) is 4.73. The Morgan fingerprint density at radius 1 is 0.905 bits per heavy atom. The molecule has 0 bridgehead atoms. The standard InChI is InChI=1S/C17H20ClN3/c18-12-16-6-7-17(19-13-16)21-10-8-20(9-11-21)14-15-4-2-1-3-5-15/h1-7,13H,8-12,14H2. The van der Waals surface area contributed by atoms with E-state index in [4.69, 9.17) is 11.6 Å². The van der Waals surface area contributed by atoms with Crippen molar-refractivity contribution in [2.24, 2.45) is 0 Å². The lowest BCUT2D eigenvalue weighted by Crippen LogP contribution is -2.46. The second kappa shape index (κ2) is 6.92. The lowest BCUT2D eigenvalue weighted by molar-refractivity contribution is 0.249. The van der Waals surface area contributed by atoms with Crippen molar-refractivity contribution >= 4 is 17.4 Å². The van der Waals surface area contributed by atoms with Crippen LogP contribution in [0.2, 0.25) is 0 Å². The van der Waals surface area contributed by atoms with Crippen molar-refractivity contribution in [1.29, 1.82) is 0 Å². The lowest BCUT2D eigenvalue weighted by Gasteiger charge is -2.35. The first-order valence-corrected chi connectivity index (χ1v) is 7.91. The van der Waals surface area contributed by atoms with E-state index in [1.807, 2.05) is 6.20 Å². The van der Waals surface area contributed by atoms with Crippen LogP contribution in [0.25, 0.3) is 0 Å². The van der Waals surface area contributed by atoms with Gasteiger partial charge in [-0.1, -0.05) is 36.4 Å². The summed E-state index contributed by atoms with van der Waals surface area (Å²) in [6.07, 6.45) is 1.87. The fourth-order valence-electron chi connectivity index (χ4n) is 2.66. The van der Waals surface area contributed by atoms with E-state index in [0.29, 0.717) is 5.88 Å². The summed E-state index contributed by atoms with van der Waals surface area (Å²) in [6.45, 7) is 5.25. The Morgan fingerprint density at radius 2 is 1.67 bits per heavy atom. The van der Waals surface area contributed by atoms with E-state index in [1.165, 1.54) is 5.56 Å². The predicted molar refractivity (Wildman–Crippen MR) is 87.7 cm³/mol. The molecule has 1 aromatic heterocycles. The fourth-order valence-corrected chi connectivity index (χ4v) is 2.82. The average molecular weight is 302 g/mol. The van der Waals surface area contributed by atoms with Gasteiger partial charge in [-0.3, -0.25) is 4.90 Å². The van der Waals surface area contributed by atoms with Gasteiger partial charge in [-0.05, 0) is 17.2 Å². The molecule has 0 aliphatic carbocycles. The molecule has 0 N–H and O–H groups in total. The summed E-state index contributed by atoms with van der Waals surface area (Å²) in [6, 6.07) is 14.8. The van der Waals surface area contributed by atoms with Crippen molar-refractivity contribution in [2.45, 2.75) is 12.4 Å². The molecule has 0 atom stereocenters. The molecule has 0 radical (unpaired) electrons. The fraction of sp³-hybridized carbons (Fsp3) is 0.353. The average Bonchev–Trinajstić information content (AvgIpc) is 2.57. The Balaban J connectivity index is 1.54. The minimum Gasteiger partial charge on any atom is -0.354 e. The molecule has 4 heteroatoms. The Bertz CT molecular complexity index is 548. The maximum Gasteiger partial charge on any atom is 0.128 e. The van der Waals surface area contributed by atoms with E-state index < -0.39 is 0 Å². The Morgan fingerprint density at radius 3 is 2.29 bits per heavy atom. The van der Waals surface area contributed by atoms with E-state index in [9.17, 15) is 0 Å². The number of pyridine rings is 1. The van der Waals surface area contributed by atoms with Crippen molar-refractivity contribution in [3.05, 3.63) is 59.8 Å². The van der Waals surface area contributed by atoms with Gasteiger partial charge < -0.3 is 4.90 Å². The third-order valence-electron chi connectivity index (χ3n) is 3.91. The molecule has 2 heterocycles. The summed E-state index contributed by atoms with van der Waals surface area (Å²) in [4.78, 5) is 9.35. The number of alkyl halides is 1. The van der Waals surface area contributed by atoms with Crippen molar-refractivity contribution in [2.75, 3.05) is 31.1 Å². The molecular formula is C17H20ClN3. The van der Waals surface area contributed by atoms with Crippen LogP contribution in [-0.4, -0.2) is 36.1 Å². The number of piperazine rings is 1. The third-order valence-corrected chi connectivity index (χ3v) is 4.22. The maximum atomic E-state index is 5.80. The molecule has 3 nitrogen and oxygen atoms in total. The van der Waals surface area contributed by atoms with E-state index in [-0.39, 0.29) is 0 Å². The molecule has 2 aromatic rings. The quantitative estimate of drug-likeness (QED) is 0.809. The van der Waals surface area contributed by atoms with Crippen LogP contribution in [0.4, 0.5) is 5.82 Å². The van der Waals surface area contributed by atoms with Crippen LogP contribution in [0.5, 0.6) is 0 Å². The largest absolute Gasteiger partial charge is 0.354 e. The second-order valence-corrected chi connectivity index (χ2v) is 5.67. The third kappa shape index (κ3) is 3.74. The molecule has 3 rings (SSSR count). The topological polar surface area (TPSA) is 19.4 Å². The minimum atomic E-state index is 0.526. The van der Waals surface area contributed by atoms with Gasteiger partial charge >= 0.3 is 0 Å². The highest BCUT2D eigenvalue weighted by Gasteiger charge is 2.17. The van der Waals surface area contributed by atoms with Gasteiger partial charge in [0.25, 0.3) is 0 Å². The van der Waals surface area contributed by atoms with Crippen LogP contribution in [0.15, 0.2) is 48.7 Å². The summed E-state index contributed by atoms with van der Waals surface area (Å²) in [7, 11) is 0. The highest BCUT2D eigenvalue weighted by Crippen LogP contribution is 2.16. The van der Waals surface area contributed by atoms with Gasteiger partial charge in [0, 0.05) is 44.8 Å². The van der Waals surface area contributed by atoms with Crippen molar-refractivity contribution in [3.8, 4) is 0 Å². The van der Waals surface area contributed by atoms with Crippen LogP contribution in [-0.2, 0) is 12.4 Å². The zero-order valence-corrected chi connectivity index (χ0v) is 12.8. The summed E-state index contributed by atoms with van der Waals surface area (Å²) in [5, 5.41) is 0. The molecule has 1 saturated heterocycles. The van der Waals surface area contributed by atoms with Gasteiger partial charge in [-0.25, -0.2) is 4.98 Å². The van der Waals surface area contributed by atoms with Gasteiger partial charge in [0.2, 0.25) is 0 Å². The van der Waals surface area contributed by atoms with Crippen molar-refractivity contribution in [3.63, 3.8) is 0 Å². The molecule has 1 aromatic carbocycles. The number of nitrogens with zero attached hydrogens (tertiary/aromatic N) is 3. The molecule has 110 valence electrons. The first-order valence-electron chi connectivity index (χ1n) is 7.37. The monoisotopic (exact) mass is 301 g/mol. The van der Waals surface area contributed by atoms with Gasteiger partial charge in [-0.15, -0.1) is 11.6 Å². The molecule has 0 unspecified atom stereocenters. The van der Waals surface area contributed by atoms with Gasteiger partial charge in [0.15, 0.2) is 0 Å². The minimum absolute atomic E-state index is 0.526. The van der Waals surface area contributed by atoms with Crippen LogP contribution < -0.4 is 4.90 Å². The highest BCUT2D eigenvalue weighted by molar-refractivity contribution is 6.17. The normalized spacial score (nSPS) is 16.1. The number of hydrogen-bond donors (Lipinski definition) is 0. The first-order chi connectivity index (χ1) is 10.3. The van der Waals surface area contributed by atoms with Crippen LogP contribution in [0, 0.1) is 0 Å². The summed E-state index contributed by atoms with van der Waals surface area (Å²) >= 11 is 5.80. The Labute approximate surface area is 131 Å². The lowest BCUT2D eigenvalue weighted by atomic mass is 10.2. The van der Waals surface area contributed by atoms with E-state index >= 15 is 0 Å². The Hall–Kier alpha value is -1.58. The molecule has 0 amide bonds. The number of benzene rings is 1. The zero-order valence-electron chi connectivity index (χ0n) is 12.1. The van der Waals surface area contributed by atoms with Crippen LogP contribution >= 0.6 is 11.6 Å². The van der Waals surface area contributed by atoms with Crippen molar-refractivity contribution < 1.29 is 0 Å². The van der Waals surface area contributed by atoms with Gasteiger partial charge in [0.1, 0.15) is 5.82 Å². The number of rotatable bonds is 4. The summed E-state index contributed by atoms with van der Waals surface area (Å²) < 4.78 is 0. The smallest absolute Gasteiger partial charge is 0.128 e. The summed E-state index contributed by atoms with van der Waals surface area (Å²) in [5.41, 5.74) is 2.46. The molecule has 1 fully saturated rings. The predicted octanol–water partition coefficient (Wildman–Crippen LogP) is 3.14. The van der Waals surface area contributed by atoms with Gasteiger partial charge in [0.05, 0.1) is 0 Å².